The molecule has 0 aliphatic carbocycles. The van der Waals surface area contributed by atoms with Crippen molar-refractivity contribution in [1.82, 2.24) is 5.43 Å². The van der Waals surface area contributed by atoms with Crippen LogP contribution in [-0.4, -0.2) is 25.5 Å². The average Bonchev–Trinajstić information content (AvgIpc) is 2.83. The summed E-state index contributed by atoms with van der Waals surface area (Å²) in [4.78, 5) is 22.4. The van der Waals surface area contributed by atoms with E-state index >= 15 is 0 Å². The fourth-order valence-electron chi connectivity index (χ4n) is 3.14. The highest BCUT2D eigenvalue weighted by Gasteiger charge is 2.17. The quantitative estimate of drug-likeness (QED) is 0.184. The highest BCUT2D eigenvalue weighted by Crippen LogP contribution is 2.23. The molecule has 0 spiro atoms. The van der Waals surface area contributed by atoms with Gasteiger partial charge in [0.15, 0.2) is 0 Å². The van der Waals surface area contributed by atoms with Crippen molar-refractivity contribution >= 4 is 38.7 Å². The molecule has 10 heteroatoms. The molecule has 4 aromatic rings. The molecule has 0 saturated carbocycles. The summed E-state index contributed by atoms with van der Waals surface area (Å²) in [6, 6.07) is 23.5. The first kappa shape index (κ1) is 22.6. The van der Waals surface area contributed by atoms with E-state index in [4.69, 9.17) is 4.18 Å². The van der Waals surface area contributed by atoms with Crippen molar-refractivity contribution in [2.24, 2.45) is 5.10 Å². The molecule has 0 radical (unpaired) electrons. The van der Waals surface area contributed by atoms with E-state index in [1.807, 2.05) is 24.3 Å². The zero-order chi connectivity index (χ0) is 24.1. The largest absolute Gasteiger partial charge is 0.379 e. The Morgan fingerprint density at radius 2 is 1.68 bits per heavy atom. The minimum atomic E-state index is -4.07. The standard InChI is InChI=1S/C24H17N3O6S/c28-24(20-8-4-9-21(14-20)27(29)30)26-25-16-17-5-3-10-22(13-17)33-34(31,32)23-12-11-18-6-1-2-7-19(18)15-23/h1-16H,(H,26,28)/b25-16-. The number of nitrogens with zero attached hydrogens (tertiary/aromatic N) is 2. The summed E-state index contributed by atoms with van der Waals surface area (Å²) in [5, 5.41) is 16.3. The molecule has 4 aromatic carbocycles. The van der Waals surface area contributed by atoms with E-state index in [2.05, 4.69) is 10.5 Å². The smallest absolute Gasteiger partial charge is 0.339 e. The van der Waals surface area contributed by atoms with E-state index in [-0.39, 0.29) is 21.9 Å². The van der Waals surface area contributed by atoms with Crippen molar-refractivity contribution in [1.29, 1.82) is 0 Å². The summed E-state index contributed by atoms with van der Waals surface area (Å²) in [5.74, 6) is -0.562. The van der Waals surface area contributed by atoms with E-state index in [9.17, 15) is 23.3 Å². The fraction of sp³-hybridized carbons (Fsp3) is 0. The Balaban J connectivity index is 1.46. The third kappa shape index (κ3) is 5.25. The van der Waals surface area contributed by atoms with Gasteiger partial charge in [0, 0.05) is 17.7 Å². The zero-order valence-corrected chi connectivity index (χ0v) is 18.3. The molecule has 0 atom stereocenters. The SMILES string of the molecule is O=C(N/N=C\c1cccc(OS(=O)(=O)c2ccc3ccccc3c2)c1)c1cccc([N+](=O)[O-])c1. The van der Waals surface area contributed by atoms with Crippen molar-refractivity contribution < 1.29 is 22.3 Å². The molecule has 0 aliphatic heterocycles. The van der Waals surface area contributed by atoms with Crippen LogP contribution in [-0.2, 0) is 10.1 Å². The first-order chi connectivity index (χ1) is 16.3. The lowest BCUT2D eigenvalue weighted by Gasteiger charge is -2.08. The minimum Gasteiger partial charge on any atom is -0.379 e. The van der Waals surface area contributed by atoms with Crippen LogP contribution < -0.4 is 9.61 Å². The van der Waals surface area contributed by atoms with E-state index in [1.165, 1.54) is 42.6 Å². The van der Waals surface area contributed by atoms with Gasteiger partial charge in [-0.3, -0.25) is 14.9 Å². The Morgan fingerprint density at radius 3 is 2.47 bits per heavy atom. The number of hydrogen-bond acceptors (Lipinski definition) is 7. The van der Waals surface area contributed by atoms with Gasteiger partial charge in [-0.25, -0.2) is 5.43 Å². The van der Waals surface area contributed by atoms with Crippen LogP contribution in [0, 0.1) is 10.1 Å². The van der Waals surface area contributed by atoms with Gasteiger partial charge in [0.05, 0.1) is 11.1 Å². The van der Waals surface area contributed by atoms with E-state index < -0.39 is 20.9 Å². The van der Waals surface area contributed by atoms with E-state index in [1.54, 1.807) is 24.3 Å². The normalized spacial score (nSPS) is 11.4. The Bertz CT molecular complexity index is 1530. The van der Waals surface area contributed by atoms with Crippen molar-refractivity contribution in [3.8, 4) is 5.75 Å². The summed E-state index contributed by atoms with van der Waals surface area (Å²) in [6.45, 7) is 0. The van der Waals surface area contributed by atoms with Gasteiger partial charge in [-0.15, -0.1) is 0 Å². The van der Waals surface area contributed by atoms with Gasteiger partial charge in [0.25, 0.3) is 11.6 Å². The summed E-state index contributed by atoms with van der Waals surface area (Å²) in [7, 11) is -4.07. The minimum absolute atomic E-state index is 0.0227. The molecule has 0 fully saturated rings. The molecule has 4 rings (SSSR count). The Hall–Kier alpha value is -4.57. The summed E-state index contributed by atoms with van der Waals surface area (Å²) >= 11 is 0. The van der Waals surface area contributed by atoms with E-state index in [0.717, 1.165) is 16.8 Å². The van der Waals surface area contributed by atoms with Gasteiger partial charge in [-0.05, 0) is 46.7 Å². The number of fused-ring (bicyclic) bond motifs is 1. The van der Waals surface area contributed by atoms with Crippen LogP contribution in [0.25, 0.3) is 10.8 Å². The van der Waals surface area contributed by atoms with Crippen molar-refractivity contribution in [2.45, 2.75) is 4.90 Å². The van der Waals surface area contributed by atoms with Gasteiger partial charge >= 0.3 is 10.1 Å². The first-order valence-corrected chi connectivity index (χ1v) is 11.3. The van der Waals surface area contributed by atoms with Crippen LogP contribution in [0.2, 0.25) is 0 Å². The molecule has 0 aliphatic rings. The third-order valence-electron chi connectivity index (χ3n) is 4.77. The molecule has 0 aromatic heterocycles. The summed E-state index contributed by atoms with van der Waals surface area (Å²) in [5.41, 5.74) is 2.60. The number of hydrogen-bond donors (Lipinski definition) is 1. The Kier molecular flexibility index (Phi) is 6.33. The summed E-state index contributed by atoms with van der Waals surface area (Å²) in [6.07, 6.45) is 1.30. The number of nitrogens with one attached hydrogen (secondary N) is 1. The Labute approximate surface area is 194 Å². The number of non-ortho nitro benzene ring substituents is 1. The third-order valence-corrected chi connectivity index (χ3v) is 6.02. The van der Waals surface area contributed by atoms with Crippen LogP contribution in [0.5, 0.6) is 5.75 Å². The average molecular weight is 475 g/mol. The predicted molar refractivity (Wildman–Crippen MR) is 126 cm³/mol. The maximum atomic E-state index is 12.7. The lowest BCUT2D eigenvalue weighted by molar-refractivity contribution is -0.384. The highest BCUT2D eigenvalue weighted by atomic mass is 32.2. The van der Waals surface area contributed by atoms with Gasteiger partial charge < -0.3 is 4.18 Å². The second kappa shape index (κ2) is 9.51. The number of nitro benzene ring substituents is 1. The molecule has 34 heavy (non-hydrogen) atoms. The monoisotopic (exact) mass is 475 g/mol. The fourth-order valence-corrected chi connectivity index (χ4v) is 4.09. The number of nitro groups is 1. The summed E-state index contributed by atoms with van der Waals surface area (Å²) < 4.78 is 30.7. The second-order valence-electron chi connectivity index (χ2n) is 7.13. The van der Waals surface area contributed by atoms with Crippen molar-refractivity contribution in [3.05, 3.63) is 112 Å². The molecule has 0 saturated heterocycles. The number of benzene rings is 4. The first-order valence-electron chi connectivity index (χ1n) is 9.93. The Morgan fingerprint density at radius 1 is 0.912 bits per heavy atom. The molecule has 0 unspecified atom stereocenters. The molecule has 170 valence electrons. The van der Waals surface area contributed by atoms with Gasteiger partial charge in [0.1, 0.15) is 10.6 Å². The van der Waals surface area contributed by atoms with Gasteiger partial charge in [-0.1, -0.05) is 48.5 Å². The molecule has 9 nitrogen and oxygen atoms in total. The number of carbonyl (C=O) groups is 1. The molecule has 0 bridgehead atoms. The van der Waals surface area contributed by atoms with Crippen molar-refractivity contribution in [2.75, 3.05) is 0 Å². The number of amides is 1. The van der Waals surface area contributed by atoms with Crippen LogP contribution >= 0.6 is 0 Å². The van der Waals surface area contributed by atoms with Crippen LogP contribution in [0.4, 0.5) is 5.69 Å². The lowest BCUT2D eigenvalue weighted by atomic mass is 10.1. The molecule has 1 amide bonds. The number of hydrazone groups is 1. The molecule has 1 N–H and O–H groups in total. The van der Waals surface area contributed by atoms with Crippen molar-refractivity contribution in [3.63, 3.8) is 0 Å². The van der Waals surface area contributed by atoms with E-state index in [0.29, 0.717) is 5.56 Å². The van der Waals surface area contributed by atoms with Crippen LogP contribution in [0.3, 0.4) is 0 Å². The molecular weight excluding hydrogens is 458 g/mol. The number of rotatable bonds is 7. The molecule has 0 heterocycles. The maximum absolute atomic E-state index is 12.7. The van der Waals surface area contributed by atoms with Gasteiger partial charge in [0.2, 0.25) is 0 Å². The topological polar surface area (TPSA) is 128 Å². The maximum Gasteiger partial charge on any atom is 0.339 e. The van der Waals surface area contributed by atoms with Gasteiger partial charge in [-0.2, -0.15) is 13.5 Å². The lowest BCUT2D eigenvalue weighted by Crippen LogP contribution is -2.17. The van der Waals surface area contributed by atoms with Crippen LogP contribution in [0.1, 0.15) is 15.9 Å². The second-order valence-corrected chi connectivity index (χ2v) is 8.67. The number of carbonyl (C=O) groups excluding carboxylic acids is 1. The zero-order valence-electron chi connectivity index (χ0n) is 17.5. The predicted octanol–water partition coefficient (Wildman–Crippen LogP) is 4.28. The highest BCUT2D eigenvalue weighted by molar-refractivity contribution is 7.87. The molecular formula is C24H17N3O6S. The van der Waals surface area contributed by atoms with Crippen LogP contribution in [0.15, 0.2) is 101 Å².